The molecule has 4 heteroatoms. The minimum Gasteiger partial charge on any atom is -0.302 e. The van der Waals surface area contributed by atoms with E-state index >= 15 is 0 Å². The largest absolute Gasteiger partial charge is 0.302 e. The van der Waals surface area contributed by atoms with Crippen LogP contribution in [0.1, 0.15) is 69.9 Å². The Hall–Kier alpha value is -6.49. The second kappa shape index (κ2) is 15.7. The number of benzene rings is 7. The molecule has 2 aliphatic carbocycles. The number of nitrogens with zero attached hydrogens (tertiary/aromatic N) is 1. The molecule has 0 saturated heterocycles. The predicted octanol–water partition coefficient (Wildman–Crippen LogP) is 14.8. The van der Waals surface area contributed by atoms with Crippen LogP contribution < -0.4 is 4.90 Å². The molecule has 0 spiro atoms. The van der Waals surface area contributed by atoms with Crippen LogP contribution >= 0.6 is 11.8 Å². The lowest BCUT2D eigenvalue weighted by atomic mass is 9.84. The van der Waals surface area contributed by atoms with Gasteiger partial charge in [0.15, 0.2) is 11.6 Å². The van der Waals surface area contributed by atoms with Crippen molar-refractivity contribution in [1.29, 1.82) is 0 Å². The van der Waals surface area contributed by atoms with E-state index in [9.17, 15) is 9.59 Å². The highest BCUT2D eigenvalue weighted by Crippen LogP contribution is 2.56. The van der Waals surface area contributed by atoms with Gasteiger partial charge in [-0.3, -0.25) is 9.59 Å². The molecule has 0 amide bonds. The number of carbonyl (C=O) groups excluding carboxylic acids is 2. The first-order valence-electron chi connectivity index (χ1n) is 20.7. The number of anilines is 2. The monoisotopic (exact) mass is 781 g/mol. The molecular formula is C55H43NO2S. The van der Waals surface area contributed by atoms with E-state index in [1.807, 2.05) is 30.3 Å². The molecule has 3 aliphatic rings. The maximum Gasteiger partial charge on any atom is 0.197 e. The van der Waals surface area contributed by atoms with Crippen molar-refractivity contribution in [3.8, 4) is 44.5 Å². The Bertz CT molecular complexity index is 2650. The molecule has 1 fully saturated rings. The van der Waals surface area contributed by atoms with Gasteiger partial charge >= 0.3 is 0 Å². The summed E-state index contributed by atoms with van der Waals surface area (Å²) in [5.41, 5.74) is 15.0. The molecule has 286 valence electrons. The molecule has 10 rings (SSSR count). The van der Waals surface area contributed by atoms with Crippen molar-refractivity contribution in [2.75, 3.05) is 4.90 Å². The van der Waals surface area contributed by atoms with Crippen LogP contribution in [0.15, 0.2) is 191 Å². The number of hydrogen-bond donors (Lipinski definition) is 0. The summed E-state index contributed by atoms with van der Waals surface area (Å²) in [5.74, 6) is 0.118. The molecule has 0 aromatic heterocycles. The highest BCUT2D eigenvalue weighted by Gasteiger charge is 2.34. The van der Waals surface area contributed by atoms with E-state index in [1.165, 1.54) is 53.7 Å². The van der Waals surface area contributed by atoms with Crippen molar-refractivity contribution in [1.82, 2.24) is 0 Å². The number of fused-ring (bicyclic) bond motifs is 2. The Labute approximate surface area is 350 Å². The second-order valence-electron chi connectivity index (χ2n) is 15.9. The Morgan fingerprint density at radius 2 is 1.00 bits per heavy atom. The van der Waals surface area contributed by atoms with Crippen LogP contribution in [0.25, 0.3) is 44.5 Å². The van der Waals surface area contributed by atoms with Crippen LogP contribution in [-0.2, 0) is 0 Å². The van der Waals surface area contributed by atoms with Gasteiger partial charge in [-0.15, -0.1) is 0 Å². The summed E-state index contributed by atoms with van der Waals surface area (Å²) in [6, 6.07) is 57.5. The standard InChI is InChI=1S/C55H43NO2S/c1-36-33-48(42-25-21-40(22-26-42)37-13-5-2-6-14-37)53(49(34-36)43-27-23-41(24-28-43)38-15-7-3-8-16-38)56-50-31-29-44(39-17-9-4-10-18-39)35-51(50)59-52(56)32-30-47-54(57)45-19-11-12-20-46(45)55(47)58/h2-3,5-8,11-16,19-35,39H,4,9-10,17-18H2,1H3/b52-32-. The molecule has 1 heterocycles. The summed E-state index contributed by atoms with van der Waals surface area (Å²) in [4.78, 5) is 30.8. The summed E-state index contributed by atoms with van der Waals surface area (Å²) in [5, 5.41) is 0.943. The van der Waals surface area contributed by atoms with Crippen molar-refractivity contribution in [2.45, 2.75) is 49.8 Å². The number of ketones is 2. The highest BCUT2D eigenvalue weighted by molar-refractivity contribution is 8.03. The molecule has 0 bridgehead atoms. The van der Waals surface area contributed by atoms with Crippen LogP contribution in [0.2, 0.25) is 0 Å². The fourth-order valence-corrected chi connectivity index (χ4v) is 10.2. The first kappa shape index (κ1) is 36.8. The molecule has 3 nitrogen and oxygen atoms in total. The van der Waals surface area contributed by atoms with Gasteiger partial charge in [-0.2, -0.15) is 0 Å². The summed E-state index contributed by atoms with van der Waals surface area (Å²) < 4.78 is 0. The Kier molecular flexibility index (Phi) is 9.79. The van der Waals surface area contributed by atoms with Crippen LogP contribution in [0.4, 0.5) is 11.4 Å². The SMILES string of the molecule is Cc1cc(-c2ccc(-c3ccccc3)cc2)c(N2/C(=C/C=C3C(=O)c4ccccc4C3=O)Sc3cc(C4CCCCC4)ccc32)c(-c2ccc(-c3ccccc3)cc2)c1. The van der Waals surface area contributed by atoms with Crippen LogP contribution in [-0.4, -0.2) is 11.6 Å². The molecule has 1 saturated carbocycles. The minimum absolute atomic E-state index is 0.204. The smallest absolute Gasteiger partial charge is 0.197 e. The average Bonchev–Trinajstić information content (AvgIpc) is 3.78. The highest BCUT2D eigenvalue weighted by atomic mass is 32.2. The zero-order valence-electron chi connectivity index (χ0n) is 33.0. The molecule has 59 heavy (non-hydrogen) atoms. The fraction of sp³-hybridized carbons (Fsp3) is 0.127. The van der Waals surface area contributed by atoms with Gasteiger partial charge in [0.25, 0.3) is 0 Å². The van der Waals surface area contributed by atoms with Crippen LogP contribution in [0.3, 0.4) is 0 Å². The number of Topliss-reactive ketones (excluding diaryl/α,β-unsaturated/α-hetero) is 2. The fourth-order valence-electron chi connectivity index (χ4n) is 9.09. The van der Waals surface area contributed by atoms with E-state index in [1.54, 1.807) is 30.0 Å². The predicted molar refractivity (Wildman–Crippen MR) is 244 cm³/mol. The molecule has 7 aromatic carbocycles. The van der Waals surface area contributed by atoms with E-state index < -0.39 is 0 Å². The third-order valence-corrected chi connectivity index (χ3v) is 13.2. The first-order chi connectivity index (χ1) is 29.0. The van der Waals surface area contributed by atoms with Crippen molar-refractivity contribution < 1.29 is 9.59 Å². The van der Waals surface area contributed by atoms with E-state index in [0.717, 1.165) is 55.3 Å². The third-order valence-electron chi connectivity index (χ3n) is 12.1. The summed E-state index contributed by atoms with van der Waals surface area (Å²) in [6.07, 6.45) is 10.0. The van der Waals surface area contributed by atoms with Gasteiger partial charge in [-0.25, -0.2) is 0 Å². The van der Waals surface area contributed by atoms with E-state index in [0.29, 0.717) is 17.0 Å². The summed E-state index contributed by atoms with van der Waals surface area (Å²) >= 11 is 1.72. The van der Waals surface area contributed by atoms with Gasteiger partial charge in [-0.05, 0) is 107 Å². The average molecular weight is 782 g/mol. The number of hydrogen-bond acceptors (Lipinski definition) is 4. The first-order valence-corrected chi connectivity index (χ1v) is 21.5. The molecule has 0 N–H and O–H groups in total. The zero-order chi connectivity index (χ0) is 39.9. The van der Waals surface area contributed by atoms with Crippen molar-refractivity contribution in [2.24, 2.45) is 0 Å². The van der Waals surface area contributed by atoms with E-state index in [-0.39, 0.29) is 17.1 Å². The van der Waals surface area contributed by atoms with E-state index in [4.69, 9.17) is 0 Å². The molecule has 7 aromatic rings. The summed E-state index contributed by atoms with van der Waals surface area (Å²) in [6.45, 7) is 2.17. The van der Waals surface area contributed by atoms with Gasteiger partial charge in [0.1, 0.15) is 0 Å². The molecular weight excluding hydrogens is 739 g/mol. The molecule has 0 radical (unpaired) electrons. The second-order valence-corrected chi connectivity index (χ2v) is 16.9. The van der Waals surface area contributed by atoms with Gasteiger partial charge in [0, 0.05) is 27.1 Å². The molecule has 0 atom stereocenters. The number of rotatable bonds is 7. The lowest BCUT2D eigenvalue weighted by Crippen LogP contribution is -2.14. The number of allylic oxidation sites excluding steroid dienone is 3. The summed E-state index contributed by atoms with van der Waals surface area (Å²) in [7, 11) is 0. The quantitative estimate of drug-likeness (QED) is 0.119. The lowest BCUT2D eigenvalue weighted by molar-refractivity contribution is 0.0988. The zero-order valence-corrected chi connectivity index (χ0v) is 33.8. The Morgan fingerprint density at radius 1 is 0.508 bits per heavy atom. The topological polar surface area (TPSA) is 37.4 Å². The molecule has 1 aliphatic heterocycles. The van der Waals surface area contributed by atoms with Gasteiger partial charge < -0.3 is 4.90 Å². The number of thioether (sulfide) groups is 1. The number of carbonyl (C=O) groups is 2. The van der Waals surface area contributed by atoms with Crippen LogP contribution in [0, 0.1) is 6.92 Å². The van der Waals surface area contributed by atoms with Gasteiger partial charge in [-0.1, -0.05) is 171 Å². The van der Waals surface area contributed by atoms with Crippen molar-refractivity contribution in [3.63, 3.8) is 0 Å². The van der Waals surface area contributed by atoms with Crippen LogP contribution in [0.5, 0.6) is 0 Å². The minimum atomic E-state index is -0.220. The van der Waals surface area contributed by atoms with Crippen molar-refractivity contribution in [3.05, 3.63) is 209 Å². The van der Waals surface area contributed by atoms with E-state index in [2.05, 4.69) is 139 Å². The normalized spacial score (nSPS) is 15.8. The maximum absolute atomic E-state index is 13.6. The Morgan fingerprint density at radius 3 is 1.54 bits per heavy atom. The maximum atomic E-state index is 13.6. The van der Waals surface area contributed by atoms with Gasteiger partial charge in [0.05, 0.1) is 22.0 Å². The van der Waals surface area contributed by atoms with Gasteiger partial charge in [0.2, 0.25) is 0 Å². The van der Waals surface area contributed by atoms with Crippen molar-refractivity contribution >= 4 is 34.7 Å². The third kappa shape index (κ3) is 6.98. The lowest BCUT2D eigenvalue weighted by Gasteiger charge is -2.28. The molecule has 0 unspecified atom stereocenters. The Balaban J connectivity index is 1.17. The number of aryl methyl sites for hydroxylation is 1.